The van der Waals surface area contributed by atoms with Crippen LogP contribution in [0, 0.1) is 12.9 Å². The lowest BCUT2D eigenvalue weighted by Gasteiger charge is -1.97. The molecule has 0 spiro atoms. The van der Waals surface area contributed by atoms with Gasteiger partial charge in [-0.1, -0.05) is 11.6 Å². The van der Waals surface area contributed by atoms with Gasteiger partial charge in [0.1, 0.15) is 5.15 Å². The summed E-state index contributed by atoms with van der Waals surface area (Å²) in [5.41, 5.74) is 0.530. The molecule has 0 N–H and O–H groups in total. The fraction of sp³-hybridized carbons (Fsp3) is 0.143. The maximum atomic E-state index is 12.6. The van der Waals surface area contributed by atoms with Crippen LogP contribution in [0.2, 0.25) is 5.15 Å². The molecule has 0 aliphatic rings. The summed E-state index contributed by atoms with van der Waals surface area (Å²) < 4.78 is 12.6. The van der Waals surface area contributed by atoms with Gasteiger partial charge in [0, 0.05) is 5.56 Å². The second kappa shape index (κ2) is 2.96. The van der Waals surface area contributed by atoms with Crippen LogP contribution in [-0.2, 0) is 0 Å². The topological polar surface area (TPSA) is 30.0 Å². The summed E-state index contributed by atoms with van der Waals surface area (Å²) in [6, 6.07) is 1.36. The summed E-state index contributed by atoms with van der Waals surface area (Å²) >= 11 is 5.42. The summed E-state index contributed by atoms with van der Waals surface area (Å²) in [7, 11) is 0. The highest BCUT2D eigenvalue weighted by atomic mass is 35.5. The lowest BCUT2D eigenvalue weighted by atomic mass is 10.2. The fourth-order valence-electron chi connectivity index (χ4n) is 0.674. The molecule has 0 amide bonds. The smallest absolute Gasteiger partial charge is 0.217 e. The average molecular weight is 174 g/mol. The Bertz CT molecular complexity index is 301. The predicted molar refractivity (Wildman–Crippen MR) is 39.3 cm³/mol. The van der Waals surface area contributed by atoms with Gasteiger partial charge in [-0.05, 0) is 13.0 Å². The number of rotatable bonds is 1. The second-order valence-electron chi connectivity index (χ2n) is 2.09. The fourth-order valence-corrected chi connectivity index (χ4v) is 0.847. The number of halogens is 2. The molecule has 1 aromatic heterocycles. The van der Waals surface area contributed by atoms with Gasteiger partial charge in [-0.15, -0.1) is 0 Å². The molecule has 0 aliphatic heterocycles. The Labute approximate surface area is 68.0 Å². The van der Waals surface area contributed by atoms with Crippen molar-refractivity contribution in [1.29, 1.82) is 0 Å². The Morgan fingerprint density at radius 3 is 2.91 bits per heavy atom. The van der Waals surface area contributed by atoms with Crippen molar-refractivity contribution in [2.45, 2.75) is 6.92 Å². The molecule has 2 nitrogen and oxygen atoms in total. The van der Waals surface area contributed by atoms with Gasteiger partial charge in [0.15, 0.2) is 6.29 Å². The SMILES string of the molecule is Cc1cc(C=O)c(Cl)nc1F. The zero-order valence-corrected chi connectivity index (χ0v) is 6.52. The standard InChI is InChI=1S/C7H5ClFNO/c1-4-2-5(3-11)6(8)10-7(4)9/h2-3H,1H3. The molecule has 0 saturated heterocycles. The first-order chi connectivity index (χ1) is 5.15. The number of aryl methyl sites for hydroxylation is 1. The molecule has 0 aromatic carbocycles. The van der Waals surface area contributed by atoms with Crippen molar-refractivity contribution >= 4 is 17.9 Å². The first kappa shape index (κ1) is 8.14. The molecule has 1 rings (SSSR count). The minimum absolute atomic E-state index is 0.0944. The lowest BCUT2D eigenvalue weighted by Crippen LogP contribution is -1.93. The van der Waals surface area contributed by atoms with E-state index in [0.29, 0.717) is 11.8 Å². The predicted octanol–water partition coefficient (Wildman–Crippen LogP) is 2.00. The minimum atomic E-state index is -0.638. The first-order valence-electron chi connectivity index (χ1n) is 2.93. The zero-order valence-electron chi connectivity index (χ0n) is 5.77. The van der Waals surface area contributed by atoms with Crippen LogP contribution in [0.3, 0.4) is 0 Å². The zero-order chi connectivity index (χ0) is 8.43. The van der Waals surface area contributed by atoms with E-state index >= 15 is 0 Å². The number of hydrogen-bond acceptors (Lipinski definition) is 2. The van der Waals surface area contributed by atoms with Gasteiger partial charge in [-0.25, -0.2) is 4.98 Å². The molecule has 0 bridgehead atoms. The third-order valence-electron chi connectivity index (χ3n) is 1.26. The highest BCUT2D eigenvalue weighted by molar-refractivity contribution is 6.31. The van der Waals surface area contributed by atoms with Crippen LogP contribution in [0.5, 0.6) is 0 Å². The number of hydrogen-bond donors (Lipinski definition) is 0. The normalized spacial score (nSPS) is 9.73. The number of nitrogens with zero attached hydrogens (tertiary/aromatic N) is 1. The molecule has 0 unspecified atom stereocenters. The number of carbonyl (C=O) groups is 1. The van der Waals surface area contributed by atoms with Crippen molar-refractivity contribution in [3.63, 3.8) is 0 Å². The Morgan fingerprint density at radius 2 is 2.36 bits per heavy atom. The molecule has 0 aliphatic carbocycles. The maximum absolute atomic E-state index is 12.6. The maximum Gasteiger partial charge on any atom is 0.217 e. The molecular formula is C7H5ClFNO. The summed E-state index contributed by atoms with van der Waals surface area (Å²) in [5, 5.41) is -0.0944. The molecule has 0 radical (unpaired) electrons. The molecule has 4 heteroatoms. The third-order valence-corrected chi connectivity index (χ3v) is 1.56. The van der Waals surface area contributed by atoms with Crippen LogP contribution in [0.4, 0.5) is 4.39 Å². The Balaban J connectivity index is 3.31. The van der Waals surface area contributed by atoms with Gasteiger partial charge in [0.2, 0.25) is 5.95 Å². The minimum Gasteiger partial charge on any atom is -0.298 e. The van der Waals surface area contributed by atoms with E-state index in [4.69, 9.17) is 11.6 Å². The molecule has 58 valence electrons. The quantitative estimate of drug-likeness (QED) is 0.480. The van der Waals surface area contributed by atoms with Gasteiger partial charge in [0.05, 0.1) is 5.56 Å². The van der Waals surface area contributed by atoms with Crippen LogP contribution in [0.25, 0.3) is 0 Å². The number of aromatic nitrogens is 1. The van der Waals surface area contributed by atoms with Crippen LogP contribution in [0.1, 0.15) is 15.9 Å². The van der Waals surface area contributed by atoms with Crippen molar-refractivity contribution in [2.24, 2.45) is 0 Å². The monoisotopic (exact) mass is 173 g/mol. The Kier molecular flexibility index (Phi) is 2.19. The molecule has 11 heavy (non-hydrogen) atoms. The van der Waals surface area contributed by atoms with Crippen molar-refractivity contribution in [1.82, 2.24) is 4.98 Å². The van der Waals surface area contributed by atoms with Crippen molar-refractivity contribution in [2.75, 3.05) is 0 Å². The van der Waals surface area contributed by atoms with E-state index in [9.17, 15) is 9.18 Å². The van der Waals surface area contributed by atoms with E-state index < -0.39 is 5.95 Å². The number of aldehydes is 1. The van der Waals surface area contributed by atoms with Crippen LogP contribution in [-0.4, -0.2) is 11.3 Å². The molecular weight excluding hydrogens is 169 g/mol. The van der Waals surface area contributed by atoms with Crippen molar-refractivity contribution in [3.8, 4) is 0 Å². The summed E-state index contributed by atoms with van der Waals surface area (Å²) in [6.07, 6.45) is 0.543. The van der Waals surface area contributed by atoms with E-state index in [-0.39, 0.29) is 10.7 Å². The molecule has 0 saturated carbocycles. The van der Waals surface area contributed by atoms with E-state index in [0.717, 1.165) is 0 Å². The average Bonchev–Trinajstić information content (AvgIpc) is 1.97. The van der Waals surface area contributed by atoms with Gasteiger partial charge in [0.25, 0.3) is 0 Å². The largest absolute Gasteiger partial charge is 0.298 e. The van der Waals surface area contributed by atoms with E-state index in [1.165, 1.54) is 13.0 Å². The van der Waals surface area contributed by atoms with E-state index in [1.807, 2.05) is 0 Å². The lowest BCUT2D eigenvalue weighted by molar-refractivity contribution is 0.112. The molecule has 1 heterocycles. The summed E-state index contributed by atoms with van der Waals surface area (Å²) in [4.78, 5) is 13.6. The molecule has 0 fully saturated rings. The van der Waals surface area contributed by atoms with Crippen LogP contribution >= 0.6 is 11.6 Å². The van der Waals surface area contributed by atoms with Crippen LogP contribution < -0.4 is 0 Å². The third kappa shape index (κ3) is 1.54. The molecule has 0 atom stereocenters. The Hall–Kier alpha value is -0.960. The van der Waals surface area contributed by atoms with Gasteiger partial charge in [-0.2, -0.15) is 4.39 Å². The van der Waals surface area contributed by atoms with Gasteiger partial charge < -0.3 is 0 Å². The second-order valence-corrected chi connectivity index (χ2v) is 2.45. The summed E-state index contributed by atoms with van der Waals surface area (Å²) in [6.45, 7) is 1.52. The first-order valence-corrected chi connectivity index (χ1v) is 3.30. The number of carbonyl (C=O) groups excluding carboxylic acids is 1. The highest BCUT2D eigenvalue weighted by Crippen LogP contribution is 2.14. The van der Waals surface area contributed by atoms with Crippen LogP contribution in [0.15, 0.2) is 6.07 Å². The van der Waals surface area contributed by atoms with E-state index in [1.54, 1.807) is 0 Å². The van der Waals surface area contributed by atoms with E-state index in [2.05, 4.69) is 4.98 Å². The van der Waals surface area contributed by atoms with Crippen molar-refractivity contribution in [3.05, 3.63) is 28.3 Å². The van der Waals surface area contributed by atoms with Gasteiger partial charge >= 0.3 is 0 Å². The highest BCUT2D eigenvalue weighted by Gasteiger charge is 2.05. The van der Waals surface area contributed by atoms with Gasteiger partial charge in [-0.3, -0.25) is 4.79 Å². The number of pyridine rings is 1. The Morgan fingerprint density at radius 1 is 1.73 bits per heavy atom. The van der Waals surface area contributed by atoms with Crippen molar-refractivity contribution < 1.29 is 9.18 Å². The molecule has 1 aromatic rings. The summed E-state index contributed by atoms with van der Waals surface area (Å²) in [5.74, 6) is -0.638.